The predicted molar refractivity (Wildman–Crippen MR) is 55.0 cm³/mol. The summed E-state index contributed by atoms with van der Waals surface area (Å²) in [5.41, 5.74) is 0.908. The van der Waals surface area contributed by atoms with Gasteiger partial charge in [0.05, 0.1) is 0 Å². The molecule has 0 unspecified atom stereocenters. The molecule has 0 aromatic heterocycles. The Balaban J connectivity index is 3.26. The van der Waals surface area contributed by atoms with E-state index in [0.29, 0.717) is 5.56 Å². The van der Waals surface area contributed by atoms with Gasteiger partial charge in [-0.1, -0.05) is 17.1 Å². The largest absolute Gasteiger partial charge is 0.503 e. The summed E-state index contributed by atoms with van der Waals surface area (Å²) in [6, 6.07) is 3.12. The van der Waals surface area contributed by atoms with Gasteiger partial charge in [-0.25, -0.2) is 0 Å². The molecule has 0 heterocycles. The van der Waals surface area contributed by atoms with Crippen LogP contribution in [-0.4, -0.2) is 11.8 Å². The van der Waals surface area contributed by atoms with E-state index in [-0.39, 0.29) is 17.2 Å². The third kappa shape index (κ3) is 1.86. The van der Waals surface area contributed by atoms with Crippen molar-refractivity contribution in [2.24, 2.45) is 4.99 Å². The summed E-state index contributed by atoms with van der Waals surface area (Å²) in [6.45, 7) is 6.87. The van der Waals surface area contributed by atoms with Crippen molar-refractivity contribution in [3.05, 3.63) is 24.3 Å². The SMILES string of the molecule is C=Cc1ccc(OOCl)c(O)c1N=C. The maximum absolute atomic E-state index is 9.59. The quantitative estimate of drug-likeness (QED) is 0.475. The van der Waals surface area contributed by atoms with Crippen molar-refractivity contribution >= 4 is 30.3 Å². The maximum atomic E-state index is 9.59. The molecule has 1 N–H and O–H groups in total. The highest BCUT2D eigenvalue weighted by Gasteiger charge is 2.11. The van der Waals surface area contributed by atoms with Gasteiger partial charge in [-0.2, -0.15) is 0 Å². The lowest BCUT2D eigenvalue weighted by atomic mass is 10.1. The summed E-state index contributed by atoms with van der Waals surface area (Å²) in [5, 5.41) is 9.59. The van der Waals surface area contributed by atoms with Crippen LogP contribution in [0.1, 0.15) is 5.56 Å². The molecular formula is C9H8ClNO3. The van der Waals surface area contributed by atoms with Crippen LogP contribution < -0.4 is 4.89 Å². The zero-order valence-corrected chi connectivity index (χ0v) is 7.99. The Labute approximate surface area is 86.2 Å². The summed E-state index contributed by atoms with van der Waals surface area (Å²) in [7, 11) is 0. The van der Waals surface area contributed by atoms with Gasteiger partial charge in [0.15, 0.2) is 5.75 Å². The van der Waals surface area contributed by atoms with Crippen molar-refractivity contribution in [2.75, 3.05) is 0 Å². The first-order chi connectivity index (χ1) is 6.74. The van der Waals surface area contributed by atoms with E-state index in [0.717, 1.165) is 0 Å². The Bertz CT molecular complexity index is 365. The molecule has 74 valence electrons. The Kier molecular flexibility index (Phi) is 3.50. The Morgan fingerprint density at radius 2 is 2.21 bits per heavy atom. The number of rotatable bonds is 4. The first kappa shape index (κ1) is 10.6. The van der Waals surface area contributed by atoms with E-state index in [9.17, 15) is 5.11 Å². The number of aliphatic imine (C=N–C) groups is 1. The molecule has 1 aromatic carbocycles. The van der Waals surface area contributed by atoms with E-state index in [1.54, 1.807) is 6.07 Å². The molecule has 0 spiro atoms. The first-order valence-corrected chi connectivity index (χ1v) is 3.95. The fraction of sp³-hybridized carbons (Fsp3) is 0. The van der Waals surface area contributed by atoms with Crippen molar-refractivity contribution in [3.8, 4) is 11.5 Å². The molecule has 5 heteroatoms. The van der Waals surface area contributed by atoms with E-state index in [2.05, 4.69) is 27.6 Å². The first-order valence-electron chi connectivity index (χ1n) is 3.65. The van der Waals surface area contributed by atoms with Crippen LogP contribution in [0.4, 0.5) is 5.69 Å². The van der Waals surface area contributed by atoms with Gasteiger partial charge in [0.25, 0.3) is 0 Å². The maximum Gasteiger partial charge on any atom is 0.211 e. The van der Waals surface area contributed by atoms with Crippen LogP contribution >= 0.6 is 11.9 Å². The molecule has 0 saturated carbocycles. The average molecular weight is 214 g/mol. The summed E-state index contributed by atoms with van der Waals surface area (Å²) >= 11 is 4.88. The standard InChI is InChI=1S/C9H8ClNO3/c1-3-6-4-5-7(13-14-10)9(12)8(6)11-2/h3-5,12H,1-2H2. The van der Waals surface area contributed by atoms with Crippen molar-refractivity contribution < 1.29 is 14.4 Å². The number of phenols is 1. The zero-order valence-electron chi connectivity index (χ0n) is 7.24. The Morgan fingerprint density at radius 3 is 2.71 bits per heavy atom. The molecule has 0 fully saturated rings. The fourth-order valence-corrected chi connectivity index (χ4v) is 1.08. The van der Waals surface area contributed by atoms with Crippen LogP contribution in [0.5, 0.6) is 11.5 Å². The molecule has 0 atom stereocenters. The Morgan fingerprint density at radius 1 is 1.50 bits per heavy atom. The van der Waals surface area contributed by atoms with E-state index >= 15 is 0 Å². The van der Waals surface area contributed by atoms with Gasteiger partial charge in [-0.15, -0.1) is 0 Å². The normalized spacial score (nSPS) is 9.50. The van der Waals surface area contributed by atoms with E-state index < -0.39 is 0 Å². The highest BCUT2D eigenvalue weighted by atomic mass is 35.5. The van der Waals surface area contributed by atoms with Crippen LogP contribution in [0.2, 0.25) is 0 Å². The van der Waals surface area contributed by atoms with Crippen LogP contribution in [-0.2, 0) is 4.44 Å². The number of halogens is 1. The Hall–Kier alpha value is -1.52. The van der Waals surface area contributed by atoms with E-state index in [4.69, 9.17) is 11.9 Å². The second-order valence-corrected chi connectivity index (χ2v) is 2.48. The molecule has 0 radical (unpaired) electrons. The van der Waals surface area contributed by atoms with Crippen molar-refractivity contribution in [2.45, 2.75) is 0 Å². The molecule has 0 bridgehead atoms. The fourth-order valence-electron chi connectivity index (χ4n) is 1.01. The van der Waals surface area contributed by atoms with Crippen LogP contribution in [0.3, 0.4) is 0 Å². The lowest BCUT2D eigenvalue weighted by Gasteiger charge is -2.06. The molecule has 0 aliphatic heterocycles. The average Bonchev–Trinajstić information content (AvgIpc) is 2.21. The van der Waals surface area contributed by atoms with Gasteiger partial charge in [-0.05, 0) is 18.9 Å². The topological polar surface area (TPSA) is 51.0 Å². The predicted octanol–water partition coefficient (Wildman–Crippen LogP) is 2.83. The van der Waals surface area contributed by atoms with Gasteiger partial charge >= 0.3 is 0 Å². The minimum Gasteiger partial charge on any atom is -0.503 e. The van der Waals surface area contributed by atoms with Crippen LogP contribution in [0, 0.1) is 0 Å². The molecule has 0 amide bonds. The molecule has 14 heavy (non-hydrogen) atoms. The van der Waals surface area contributed by atoms with Gasteiger partial charge in [0.1, 0.15) is 17.6 Å². The van der Waals surface area contributed by atoms with Gasteiger partial charge < -0.3 is 9.99 Å². The summed E-state index contributed by atoms with van der Waals surface area (Å²) in [6.07, 6.45) is 1.54. The van der Waals surface area contributed by atoms with E-state index in [1.807, 2.05) is 0 Å². The molecule has 0 aliphatic rings. The molecule has 0 aliphatic carbocycles. The molecule has 4 nitrogen and oxygen atoms in total. The minimum absolute atomic E-state index is 0.0630. The third-order valence-electron chi connectivity index (χ3n) is 1.64. The van der Waals surface area contributed by atoms with Crippen LogP contribution in [0.15, 0.2) is 23.7 Å². The van der Waals surface area contributed by atoms with Gasteiger partial charge in [0.2, 0.25) is 5.75 Å². The van der Waals surface area contributed by atoms with Crippen molar-refractivity contribution in [3.63, 3.8) is 0 Å². The monoisotopic (exact) mass is 213 g/mol. The number of hydrogen-bond donors (Lipinski definition) is 1. The highest BCUT2D eigenvalue weighted by Crippen LogP contribution is 2.39. The van der Waals surface area contributed by atoms with Gasteiger partial charge in [0, 0.05) is 5.56 Å². The molecular weight excluding hydrogens is 206 g/mol. The zero-order chi connectivity index (χ0) is 10.6. The lowest BCUT2D eigenvalue weighted by Crippen LogP contribution is -1.88. The number of phenolic OH excluding ortho intramolecular Hbond substituents is 1. The van der Waals surface area contributed by atoms with Crippen molar-refractivity contribution in [1.82, 2.24) is 0 Å². The van der Waals surface area contributed by atoms with E-state index in [1.165, 1.54) is 12.1 Å². The second-order valence-electron chi connectivity index (χ2n) is 2.36. The summed E-state index contributed by atoms with van der Waals surface area (Å²) < 4.78 is 3.91. The smallest absolute Gasteiger partial charge is 0.211 e. The van der Waals surface area contributed by atoms with Crippen molar-refractivity contribution in [1.29, 1.82) is 0 Å². The van der Waals surface area contributed by atoms with Crippen LogP contribution in [0.25, 0.3) is 6.08 Å². The van der Waals surface area contributed by atoms with Gasteiger partial charge in [-0.3, -0.25) is 4.99 Å². The molecule has 0 saturated heterocycles. The number of nitrogens with zero attached hydrogens (tertiary/aromatic N) is 1. The number of benzene rings is 1. The number of hydrogen-bond acceptors (Lipinski definition) is 4. The summed E-state index contributed by atoms with van der Waals surface area (Å²) in [4.78, 5) is 8.11. The number of aromatic hydroxyl groups is 1. The summed E-state index contributed by atoms with van der Waals surface area (Å²) in [5.74, 6) is -0.133. The third-order valence-corrected chi connectivity index (χ3v) is 1.71. The molecule has 1 rings (SSSR count). The molecule has 1 aromatic rings. The minimum atomic E-state index is -0.196. The lowest BCUT2D eigenvalue weighted by molar-refractivity contribution is -0.0935. The second kappa shape index (κ2) is 4.64. The highest BCUT2D eigenvalue weighted by molar-refractivity contribution is 6.06.